The topological polar surface area (TPSA) is 65.5 Å². The van der Waals surface area contributed by atoms with Gasteiger partial charge in [0, 0.05) is 19.4 Å². The molecule has 1 aromatic heterocycles. The second-order valence-electron chi connectivity index (χ2n) is 4.33. The molecule has 3 amide bonds. The number of fused-ring (bicyclic) bond motifs is 2. The molecule has 3 rings (SSSR count). The van der Waals surface area contributed by atoms with Crippen LogP contribution in [0.3, 0.4) is 0 Å². The van der Waals surface area contributed by atoms with Gasteiger partial charge in [-0.15, -0.1) is 0 Å². The summed E-state index contributed by atoms with van der Waals surface area (Å²) in [5.74, 6) is 0.160. The summed E-state index contributed by atoms with van der Waals surface area (Å²) in [6.07, 6.45) is 0. The predicted octanol–water partition coefficient (Wildman–Crippen LogP) is 1.98. The number of hydrazine groups is 1. The van der Waals surface area contributed by atoms with E-state index >= 15 is 0 Å². The molecule has 2 aromatic rings. The fourth-order valence-electron chi connectivity index (χ4n) is 2.17. The van der Waals surface area contributed by atoms with E-state index in [4.69, 9.17) is 0 Å². The normalized spacial score (nSPS) is 14.3. The Balaban J connectivity index is 2.26. The van der Waals surface area contributed by atoms with Gasteiger partial charge < -0.3 is 0 Å². The van der Waals surface area contributed by atoms with Crippen molar-refractivity contribution in [1.29, 1.82) is 0 Å². The van der Waals surface area contributed by atoms with Crippen LogP contribution in [-0.2, 0) is 4.79 Å². The first-order chi connectivity index (χ1) is 9.08. The summed E-state index contributed by atoms with van der Waals surface area (Å²) < 4.78 is 0. The zero-order chi connectivity index (χ0) is 13.6. The maximum absolute atomic E-state index is 11.8. The number of pyridine rings is 1. The van der Waals surface area contributed by atoms with Gasteiger partial charge in [0.25, 0.3) is 0 Å². The van der Waals surface area contributed by atoms with Crippen molar-refractivity contribution in [1.82, 2.24) is 9.99 Å². The summed E-state index contributed by atoms with van der Waals surface area (Å²) in [5, 5.41) is 6.13. The lowest BCUT2D eigenvalue weighted by Crippen LogP contribution is -2.52. The molecule has 0 saturated carbocycles. The molecule has 96 valence electrons. The van der Waals surface area contributed by atoms with Crippen molar-refractivity contribution in [3.63, 3.8) is 0 Å². The molecule has 0 aliphatic carbocycles. The minimum atomic E-state index is -0.384. The van der Waals surface area contributed by atoms with Crippen molar-refractivity contribution < 1.29 is 9.59 Å². The zero-order valence-corrected chi connectivity index (χ0v) is 10.5. The van der Waals surface area contributed by atoms with Gasteiger partial charge in [0.05, 0.1) is 5.52 Å². The highest BCUT2D eigenvalue weighted by Gasteiger charge is 2.31. The van der Waals surface area contributed by atoms with E-state index in [1.54, 1.807) is 0 Å². The highest BCUT2D eigenvalue weighted by Crippen LogP contribution is 2.32. The molecule has 19 heavy (non-hydrogen) atoms. The van der Waals surface area contributed by atoms with Crippen LogP contribution in [0.15, 0.2) is 30.3 Å². The Labute approximate surface area is 109 Å². The number of para-hydroxylation sites is 1. The minimum Gasteiger partial charge on any atom is -0.289 e. The van der Waals surface area contributed by atoms with Gasteiger partial charge in [-0.3, -0.25) is 10.1 Å². The summed E-state index contributed by atoms with van der Waals surface area (Å²) in [4.78, 5) is 27.9. The lowest BCUT2D eigenvalue weighted by Gasteiger charge is -2.35. The predicted molar refractivity (Wildman–Crippen MR) is 71.7 cm³/mol. The fourth-order valence-corrected chi connectivity index (χ4v) is 2.17. The first kappa shape index (κ1) is 11.5. The Hall–Kier alpha value is -2.63. The van der Waals surface area contributed by atoms with Gasteiger partial charge in [-0.2, -0.15) is 0 Å². The van der Waals surface area contributed by atoms with E-state index in [0.717, 1.165) is 10.9 Å². The number of carbonyl (C=O) groups is 2. The van der Waals surface area contributed by atoms with Gasteiger partial charge in [0.2, 0.25) is 5.91 Å². The van der Waals surface area contributed by atoms with Crippen LogP contribution in [0.25, 0.3) is 10.9 Å². The summed E-state index contributed by atoms with van der Waals surface area (Å²) in [5.41, 5.74) is 1.35. The quantitative estimate of drug-likeness (QED) is 0.783. The molecule has 6 nitrogen and oxygen atoms in total. The maximum Gasteiger partial charge on any atom is 0.342 e. The third-order valence-electron chi connectivity index (χ3n) is 3.05. The number of urea groups is 1. The van der Waals surface area contributed by atoms with E-state index in [9.17, 15) is 9.59 Å². The first-order valence-electron chi connectivity index (χ1n) is 5.83. The molecule has 1 aromatic carbocycles. The van der Waals surface area contributed by atoms with E-state index in [2.05, 4.69) is 10.3 Å². The summed E-state index contributed by atoms with van der Waals surface area (Å²) in [6.45, 7) is 1.41. The van der Waals surface area contributed by atoms with E-state index in [1.165, 1.54) is 24.0 Å². The standard InChI is InChI=1S/C13H12N4O2/c1-8(18)17-11-7-9-5-3-4-6-10(9)14-12(11)15-13(19)16(17)2/h3-7H,1-2H3,(H,14,15,19). The number of hydrogen-bond donors (Lipinski definition) is 1. The molecule has 1 aliphatic rings. The largest absolute Gasteiger partial charge is 0.342 e. The van der Waals surface area contributed by atoms with Gasteiger partial charge in [-0.25, -0.2) is 19.8 Å². The third-order valence-corrected chi connectivity index (χ3v) is 3.05. The lowest BCUT2D eigenvalue weighted by atomic mass is 10.2. The van der Waals surface area contributed by atoms with Gasteiger partial charge in [-0.1, -0.05) is 18.2 Å². The number of carbonyl (C=O) groups excluding carboxylic acids is 2. The highest BCUT2D eigenvalue weighted by molar-refractivity contribution is 6.07. The number of nitrogens with one attached hydrogen (secondary N) is 1. The van der Waals surface area contributed by atoms with Gasteiger partial charge >= 0.3 is 6.03 Å². The van der Waals surface area contributed by atoms with Crippen LogP contribution in [0.4, 0.5) is 16.3 Å². The van der Waals surface area contributed by atoms with Crippen LogP contribution < -0.4 is 10.3 Å². The SMILES string of the molecule is CC(=O)N1c2cc3ccccc3nc2NC(=O)N1C. The van der Waals surface area contributed by atoms with E-state index in [-0.39, 0.29) is 11.9 Å². The molecule has 0 bridgehead atoms. The second kappa shape index (κ2) is 3.94. The van der Waals surface area contributed by atoms with Crippen molar-refractivity contribution in [3.05, 3.63) is 30.3 Å². The van der Waals surface area contributed by atoms with Crippen molar-refractivity contribution in [2.75, 3.05) is 17.4 Å². The number of benzene rings is 1. The van der Waals surface area contributed by atoms with Crippen LogP contribution in [-0.4, -0.2) is 29.0 Å². The Morgan fingerprint density at radius 3 is 2.79 bits per heavy atom. The molecule has 0 saturated heterocycles. The number of nitrogens with zero attached hydrogens (tertiary/aromatic N) is 3. The molecule has 0 fully saturated rings. The minimum absolute atomic E-state index is 0.240. The van der Waals surface area contributed by atoms with E-state index in [0.29, 0.717) is 11.5 Å². The smallest absolute Gasteiger partial charge is 0.289 e. The van der Waals surface area contributed by atoms with Crippen molar-refractivity contribution in [3.8, 4) is 0 Å². The Morgan fingerprint density at radius 2 is 2.05 bits per heavy atom. The lowest BCUT2D eigenvalue weighted by molar-refractivity contribution is -0.118. The number of rotatable bonds is 0. The summed E-state index contributed by atoms with van der Waals surface area (Å²) >= 11 is 0. The van der Waals surface area contributed by atoms with Gasteiger partial charge in [-0.05, 0) is 12.1 Å². The molecule has 0 radical (unpaired) electrons. The Bertz CT molecular complexity index is 698. The van der Waals surface area contributed by atoms with Crippen molar-refractivity contribution >= 4 is 34.3 Å². The summed E-state index contributed by atoms with van der Waals surface area (Å²) in [7, 11) is 1.54. The molecule has 0 atom stereocenters. The van der Waals surface area contributed by atoms with Crippen LogP contribution >= 0.6 is 0 Å². The molecule has 0 unspecified atom stereocenters. The zero-order valence-electron chi connectivity index (χ0n) is 10.5. The van der Waals surface area contributed by atoms with E-state index < -0.39 is 0 Å². The maximum atomic E-state index is 11.8. The molecule has 2 heterocycles. The van der Waals surface area contributed by atoms with Crippen LogP contribution in [0.5, 0.6) is 0 Å². The Morgan fingerprint density at radius 1 is 1.32 bits per heavy atom. The monoisotopic (exact) mass is 256 g/mol. The third kappa shape index (κ3) is 1.69. The Kier molecular flexibility index (Phi) is 2.38. The number of amides is 3. The average molecular weight is 256 g/mol. The van der Waals surface area contributed by atoms with Crippen LogP contribution in [0.1, 0.15) is 6.92 Å². The van der Waals surface area contributed by atoms with Crippen molar-refractivity contribution in [2.24, 2.45) is 0 Å². The molecular formula is C13H12N4O2. The van der Waals surface area contributed by atoms with E-state index in [1.807, 2.05) is 30.3 Å². The average Bonchev–Trinajstić information content (AvgIpc) is 2.37. The highest BCUT2D eigenvalue weighted by atomic mass is 16.2. The van der Waals surface area contributed by atoms with Gasteiger partial charge in [0.1, 0.15) is 5.69 Å². The number of aromatic nitrogens is 1. The molecule has 1 N–H and O–H groups in total. The molecule has 6 heteroatoms. The molecule has 0 spiro atoms. The fraction of sp³-hybridized carbons (Fsp3) is 0.154. The summed E-state index contributed by atoms with van der Waals surface area (Å²) in [6, 6.07) is 9.01. The number of hydrogen-bond acceptors (Lipinski definition) is 3. The molecular weight excluding hydrogens is 244 g/mol. The number of anilines is 2. The van der Waals surface area contributed by atoms with Crippen LogP contribution in [0.2, 0.25) is 0 Å². The van der Waals surface area contributed by atoms with Crippen LogP contribution in [0, 0.1) is 0 Å². The van der Waals surface area contributed by atoms with Crippen molar-refractivity contribution in [2.45, 2.75) is 6.92 Å². The molecule has 1 aliphatic heterocycles. The second-order valence-corrected chi connectivity index (χ2v) is 4.33. The van der Waals surface area contributed by atoms with Gasteiger partial charge in [0.15, 0.2) is 5.82 Å². The first-order valence-corrected chi connectivity index (χ1v) is 5.83.